The molecule has 2 heterocycles. The fourth-order valence-corrected chi connectivity index (χ4v) is 12.1. The summed E-state index contributed by atoms with van der Waals surface area (Å²) >= 11 is 0. The Kier molecular flexibility index (Phi) is 14.6. The Balaban J connectivity index is 1.14. The van der Waals surface area contributed by atoms with E-state index < -0.39 is 126 Å². The quantitative estimate of drug-likeness (QED) is 0.0610. The van der Waals surface area contributed by atoms with Crippen molar-refractivity contribution in [1.29, 1.82) is 0 Å². The molecule has 5 aliphatic rings. The van der Waals surface area contributed by atoms with Gasteiger partial charge in [0, 0.05) is 30.7 Å². The van der Waals surface area contributed by atoms with Crippen LogP contribution in [0.25, 0.3) is 0 Å². The van der Waals surface area contributed by atoms with Gasteiger partial charge < -0.3 is 47.7 Å². The first-order valence-electron chi connectivity index (χ1n) is 25.8. The van der Waals surface area contributed by atoms with E-state index in [0.717, 1.165) is 0 Å². The van der Waals surface area contributed by atoms with Crippen LogP contribution in [0, 0.1) is 16.7 Å². The third-order valence-corrected chi connectivity index (χ3v) is 16.0. The molecule has 17 heteroatoms. The average Bonchev–Trinajstić information content (AvgIpc) is 2.15. The van der Waals surface area contributed by atoms with Gasteiger partial charge in [0.2, 0.25) is 12.0 Å². The van der Waals surface area contributed by atoms with E-state index in [1.807, 2.05) is 24.3 Å². The van der Waals surface area contributed by atoms with Crippen LogP contribution in [0.1, 0.15) is 75.0 Å². The second-order valence-corrected chi connectivity index (χ2v) is 20.9. The smallest absolute Gasteiger partial charge is 0.350 e. The number of esters is 5. The fourth-order valence-electron chi connectivity index (χ4n) is 12.1. The van der Waals surface area contributed by atoms with Crippen LogP contribution < -0.4 is 9.47 Å². The highest BCUT2D eigenvalue weighted by atomic mass is 16.6. The van der Waals surface area contributed by atoms with Crippen LogP contribution in [-0.2, 0) is 57.1 Å². The van der Waals surface area contributed by atoms with Gasteiger partial charge in [-0.25, -0.2) is 24.2 Å². The molecular formula is C61H59NO16. The molecule has 10 rings (SSSR count). The summed E-state index contributed by atoms with van der Waals surface area (Å²) in [5.41, 5.74) is -6.75. The maximum absolute atomic E-state index is 16.7. The number of carbonyl (C=O) groups excluding carboxylic acids is 6. The average molecular weight is 1060 g/mol. The molecule has 2 aliphatic heterocycles. The van der Waals surface area contributed by atoms with E-state index in [9.17, 15) is 24.3 Å². The third kappa shape index (κ3) is 9.69. The van der Waals surface area contributed by atoms with Gasteiger partial charge in [-0.1, -0.05) is 117 Å². The maximum Gasteiger partial charge on any atom is 0.350 e. The van der Waals surface area contributed by atoms with Crippen molar-refractivity contribution in [2.75, 3.05) is 19.8 Å². The van der Waals surface area contributed by atoms with E-state index in [2.05, 4.69) is 0 Å². The van der Waals surface area contributed by atoms with E-state index >= 15 is 9.59 Å². The molecule has 2 saturated carbocycles. The van der Waals surface area contributed by atoms with E-state index in [1.165, 1.54) is 26.0 Å². The van der Waals surface area contributed by atoms with Gasteiger partial charge >= 0.3 is 29.8 Å². The van der Waals surface area contributed by atoms with Crippen LogP contribution in [0.4, 0.5) is 0 Å². The van der Waals surface area contributed by atoms with Gasteiger partial charge in [-0.05, 0) is 79.1 Å². The number of fused-ring (bicyclic) bond motifs is 5. The minimum absolute atomic E-state index is 0.00766. The molecule has 3 aliphatic carbocycles. The minimum Gasteiger partial charge on any atom is -0.482 e. The molecule has 1 N–H and O–H groups in total. The van der Waals surface area contributed by atoms with E-state index in [0.29, 0.717) is 22.6 Å². The molecule has 0 amide bonds. The van der Waals surface area contributed by atoms with E-state index in [1.54, 1.807) is 136 Å². The van der Waals surface area contributed by atoms with Crippen molar-refractivity contribution in [2.45, 2.75) is 101 Å². The summed E-state index contributed by atoms with van der Waals surface area (Å²) < 4.78 is 56.4. The van der Waals surface area contributed by atoms with Crippen LogP contribution in [-0.4, -0.2) is 114 Å². The number of para-hydroxylation sites is 2. The number of nitrogens with zero attached hydrogens (tertiary/aromatic N) is 1. The van der Waals surface area contributed by atoms with Crippen molar-refractivity contribution in [3.8, 4) is 11.5 Å². The number of rotatable bonds is 15. The number of aliphatic hydroxyl groups is 1. The second kappa shape index (κ2) is 21.3. The van der Waals surface area contributed by atoms with Gasteiger partial charge in [0.05, 0.1) is 23.5 Å². The Hall–Kier alpha value is -8.15. The fraction of sp³-hybridized carbons (Fsp3) is 0.361. The largest absolute Gasteiger partial charge is 0.482 e. The molecule has 17 nitrogen and oxygen atoms in total. The first-order chi connectivity index (χ1) is 37.4. The Morgan fingerprint density at radius 1 is 0.705 bits per heavy atom. The molecule has 3 fully saturated rings. The molecule has 2 bridgehead atoms. The predicted molar refractivity (Wildman–Crippen MR) is 278 cm³/mol. The summed E-state index contributed by atoms with van der Waals surface area (Å²) in [5.74, 6) is -6.25. The number of hydrogen-bond donors (Lipinski definition) is 1. The summed E-state index contributed by atoms with van der Waals surface area (Å²) in [7, 11) is 0. The van der Waals surface area contributed by atoms with Crippen molar-refractivity contribution >= 4 is 41.5 Å². The predicted octanol–water partition coefficient (Wildman–Crippen LogP) is 7.48. The molecule has 5 aromatic carbocycles. The molecule has 5 aromatic rings. The Bertz CT molecular complexity index is 3130. The summed E-state index contributed by atoms with van der Waals surface area (Å²) in [6, 6.07) is 42.1. The van der Waals surface area contributed by atoms with Crippen LogP contribution in [0.15, 0.2) is 168 Å². The molecule has 1 saturated heterocycles. The van der Waals surface area contributed by atoms with Crippen LogP contribution >= 0.6 is 0 Å². The molecular weight excluding hydrogens is 1000 g/mol. The van der Waals surface area contributed by atoms with E-state index in [4.69, 9.17) is 47.6 Å². The zero-order chi connectivity index (χ0) is 55.0. The Morgan fingerprint density at radius 3 is 1.82 bits per heavy atom. The summed E-state index contributed by atoms with van der Waals surface area (Å²) in [6.45, 7) is 5.76. The molecule has 0 radical (unpaired) electrons. The van der Waals surface area contributed by atoms with Gasteiger partial charge in [-0.15, -0.1) is 0 Å². The van der Waals surface area contributed by atoms with Gasteiger partial charge in [0.15, 0.2) is 30.7 Å². The Morgan fingerprint density at radius 2 is 1.26 bits per heavy atom. The maximum atomic E-state index is 16.7. The second-order valence-electron chi connectivity index (χ2n) is 20.9. The number of hydrogen-bond acceptors (Lipinski definition) is 17. The summed E-state index contributed by atoms with van der Waals surface area (Å²) in [4.78, 5) is 93.5. The molecule has 1 unspecified atom stereocenters. The summed E-state index contributed by atoms with van der Waals surface area (Å²) in [6.07, 6.45) is -10.1. The summed E-state index contributed by atoms with van der Waals surface area (Å²) in [5, 5.41) is 14.3. The lowest BCUT2D eigenvalue weighted by atomic mass is 9.44. The molecule has 0 aromatic heterocycles. The zero-order valence-electron chi connectivity index (χ0n) is 43.6. The first kappa shape index (κ1) is 53.3. The van der Waals surface area contributed by atoms with Gasteiger partial charge in [0.25, 0.3) is 0 Å². The highest BCUT2D eigenvalue weighted by Gasteiger charge is 2.79. The van der Waals surface area contributed by atoms with Crippen molar-refractivity contribution in [1.82, 2.24) is 0 Å². The SMILES string of the molecule is CC(=O)O[C@@]12CO[C@@H]1C[C@H](OC(=O)COc1ccccc1)[C@@]1(C)C(=O)[C@H](OC(=O)COc3ccccc3)C3=C(C)[C@@H](OC(=O)[C@@H]4OC(c5ccccc5)=NC4c4ccccc4)C[C@@](O)([C@@H](OC(=O)c4ccccc4)[C@H]21)C3(C)C. The number of carbonyl (C=O) groups is 6. The van der Waals surface area contributed by atoms with Gasteiger partial charge in [-0.3, -0.25) is 9.59 Å². The van der Waals surface area contributed by atoms with Crippen molar-refractivity contribution in [2.24, 2.45) is 21.7 Å². The van der Waals surface area contributed by atoms with Crippen molar-refractivity contribution in [3.05, 3.63) is 179 Å². The lowest BCUT2D eigenvalue weighted by molar-refractivity contribution is -0.346. The number of aliphatic imine (C=N–C) groups is 1. The van der Waals surface area contributed by atoms with E-state index in [-0.39, 0.29) is 35.6 Å². The molecule has 78 heavy (non-hydrogen) atoms. The normalized spacial score (nSPS) is 29.5. The highest BCUT2D eigenvalue weighted by molar-refractivity contribution is 5.98. The first-order valence-corrected chi connectivity index (χ1v) is 25.8. The standard InChI is InChI=1S/C61H59NO16/c1-36-43(73-57(68)51-49(38-21-11-6-12-22-38)62-55(76-51)39-23-13-7-14-24-39)32-61(69)54(77-56(67)40-25-15-8-16-26-40)52-59(5,53(66)50(48(36)58(61,3)4)75-47(65)34-71-42-29-19-10-20-30-42)44(31-45-60(52,35-72-45)78-37(2)63)74-46(64)33-70-41-27-17-9-18-28-41/h6-30,43-45,49-52,54,69H,31-35H2,1-5H3/t43-,44-,45+,49?,50+,51+,52-,54-,59+,60-,61+/m0/s1. The monoisotopic (exact) mass is 1060 g/mol. The number of benzene rings is 5. The molecule has 404 valence electrons. The number of ether oxygens (including phenoxy) is 9. The minimum atomic E-state index is -2.45. The lowest BCUT2D eigenvalue weighted by Crippen LogP contribution is -2.82. The van der Waals surface area contributed by atoms with Gasteiger partial charge in [0.1, 0.15) is 47.6 Å². The van der Waals surface area contributed by atoms with Crippen molar-refractivity contribution < 1.29 is 76.5 Å². The molecule has 11 atom stereocenters. The molecule has 0 spiro atoms. The topological polar surface area (TPSA) is 218 Å². The third-order valence-electron chi connectivity index (χ3n) is 16.0. The lowest BCUT2D eigenvalue weighted by Gasteiger charge is -2.67. The van der Waals surface area contributed by atoms with Crippen LogP contribution in [0.5, 0.6) is 11.5 Å². The van der Waals surface area contributed by atoms with Gasteiger partial charge in [-0.2, -0.15) is 0 Å². The number of ketones is 1. The highest BCUT2D eigenvalue weighted by Crippen LogP contribution is 2.65. The van der Waals surface area contributed by atoms with Crippen LogP contribution in [0.3, 0.4) is 0 Å². The van der Waals surface area contributed by atoms with Crippen molar-refractivity contribution in [3.63, 3.8) is 0 Å². The number of Topliss-reactive ketones (excluding diaryl/α,β-unsaturated/α-hetero) is 1. The van der Waals surface area contributed by atoms with Crippen LogP contribution in [0.2, 0.25) is 0 Å². The zero-order valence-corrected chi connectivity index (χ0v) is 43.6. The Labute approximate surface area is 450 Å².